The largest absolute Gasteiger partial charge is 0.497 e. The van der Waals surface area contributed by atoms with E-state index < -0.39 is 0 Å². The molecule has 3 rings (SSSR count). The van der Waals surface area contributed by atoms with Gasteiger partial charge in [-0.15, -0.1) is 22.0 Å². The molecule has 0 atom stereocenters. The highest BCUT2D eigenvalue weighted by molar-refractivity contribution is 8.02. The highest BCUT2D eigenvalue weighted by atomic mass is 32.2. The van der Waals surface area contributed by atoms with Crippen LogP contribution in [0.3, 0.4) is 0 Å². The molecular weight excluding hydrogens is 371 g/mol. The molecule has 0 aliphatic heterocycles. The predicted octanol–water partition coefficient (Wildman–Crippen LogP) is 3.61. The lowest BCUT2D eigenvalue weighted by Crippen LogP contribution is -2.14. The number of nitrogen functional groups attached to an aromatic ring is 1. The van der Waals surface area contributed by atoms with Crippen molar-refractivity contribution in [3.05, 3.63) is 65.7 Å². The minimum Gasteiger partial charge on any atom is -0.497 e. The van der Waals surface area contributed by atoms with E-state index >= 15 is 0 Å². The van der Waals surface area contributed by atoms with Crippen molar-refractivity contribution in [2.45, 2.75) is 16.5 Å². The molecule has 0 saturated heterocycles. The summed E-state index contributed by atoms with van der Waals surface area (Å²) in [7, 11) is 1.64. The van der Waals surface area contributed by atoms with Crippen LogP contribution in [0.4, 0.5) is 4.39 Å². The van der Waals surface area contributed by atoms with Crippen molar-refractivity contribution >= 4 is 23.5 Å². The Balaban J connectivity index is 1.52. The Morgan fingerprint density at radius 3 is 2.50 bits per heavy atom. The van der Waals surface area contributed by atoms with Gasteiger partial charge in [-0.3, -0.25) is 0 Å². The number of hydrogen-bond acceptors (Lipinski definition) is 6. The van der Waals surface area contributed by atoms with Gasteiger partial charge in [-0.25, -0.2) is 9.07 Å². The third-order valence-corrected chi connectivity index (χ3v) is 5.92. The van der Waals surface area contributed by atoms with E-state index in [0.29, 0.717) is 22.3 Å². The van der Waals surface area contributed by atoms with Crippen LogP contribution in [0.2, 0.25) is 0 Å². The molecule has 0 aliphatic rings. The van der Waals surface area contributed by atoms with Crippen LogP contribution in [-0.2, 0) is 6.42 Å². The lowest BCUT2D eigenvalue weighted by Gasteiger charge is -2.05. The second-order valence-corrected chi connectivity index (χ2v) is 7.62. The summed E-state index contributed by atoms with van der Waals surface area (Å²) in [6, 6.07) is 14.5. The van der Waals surface area contributed by atoms with Crippen molar-refractivity contribution in [1.29, 1.82) is 0 Å². The van der Waals surface area contributed by atoms with Crippen LogP contribution in [0.15, 0.2) is 58.6 Å². The number of methoxy groups -OCH3 is 1. The number of nitrogens with zero attached hydrogens (tertiary/aromatic N) is 3. The second kappa shape index (κ2) is 8.95. The van der Waals surface area contributed by atoms with Gasteiger partial charge in [0.25, 0.3) is 0 Å². The summed E-state index contributed by atoms with van der Waals surface area (Å²) in [5, 5.41) is 8.98. The molecule has 0 saturated carbocycles. The van der Waals surface area contributed by atoms with Crippen LogP contribution in [0.1, 0.15) is 11.4 Å². The number of aromatic nitrogens is 3. The minimum absolute atomic E-state index is 0.189. The van der Waals surface area contributed by atoms with Crippen molar-refractivity contribution in [3.8, 4) is 5.75 Å². The van der Waals surface area contributed by atoms with Crippen molar-refractivity contribution in [3.63, 3.8) is 0 Å². The quantitative estimate of drug-likeness (QED) is 0.360. The molecule has 0 aliphatic carbocycles. The summed E-state index contributed by atoms with van der Waals surface area (Å²) in [4.78, 5) is 0.655. The number of benzene rings is 2. The molecule has 136 valence electrons. The molecule has 0 unspecified atom stereocenters. The summed E-state index contributed by atoms with van der Waals surface area (Å²) in [6.45, 7) is 0. The SMILES string of the molecule is COc1ccc(Cc2nnc(SCCSc3ccccc3F)n2N)cc1. The number of halogens is 1. The smallest absolute Gasteiger partial charge is 0.209 e. The number of ether oxygens (including phenoxy) is 1. The number of thioether (sulfide) groups is 2. The van der Waals surface area contributed by atoms with Crippen LogP contribution >= 0.6 is 23.5 Å². The first-order valence-electron chi connectivity index (χ1n) is 8.00. The Morgan fingerprint density at radius 2 is 1.77 bits per heavy atom. The van der Waals surface area contributed by atoms with E-state index in [0.717, 1.165) is 22.8 Å². The van der Waals surface area contributed by atoms with Crippen LogP contribution in [0.5, 0.6) is 5.75 Å². The fourth-order valence-electron chi connectivity index (χ4n) is 2.30. The van der Waals surface area contributed by atoms with Gasteiger partial charge >= 0.3 is 0 Å². The zero-order chi connectivity index (χ0) is 18.4. The fourth-order valence-corrected chi connectivity index (χ4v) is 4.09. The highest BCUT2D eigenvalue weighted by Gasteiger charge is 2.11. The number of hydrogen-bond donors (Lipinski definition) is 1. The fraction of sp³-hybridized carbons (Fsp3) is 0.222. The van der Waals surface area contributed by atoms with E-state index in [1.807, 2.05) is 30.3 Å². The van der Waals surface area contributed by atoms with Gasteiger partial charge in [-0.05, 0) is 29.8 Å². The molecule has 1 heterocycles. The standard InChI is InChI=1S/C18H19FN4OS2/c1-24-14-8-6-13(7-9-14)12-17-21-22-18(23(17)20)26-11-10-25-16-5-3-2-4-15(16)19/h2-9H,10-12,20H2,1H3. The van der Waals surface area contributed by atoms with Gasteiger partial charge in [-0.1, -0.05) is 36.0 Å². The Kier molecular flexibility index (Phi) is 6.40. The van der Waals surface area contributed by atoms with Crippen LogP contribution in [-0.4, -0.2) is 33.5 Å². The summed E-state index contributed by atoms with van der Waals surface area (Å²) in [5.41, 5.74) is 1.08. The second-order valence-electron chi connectivity index (χ2n) is 5.42. The summed E-state index contributed by atoms with van der Waals surface area (Å²) >= 11 is 2.99. The van der Waals surface area contributed by atoms with Gasteiger partial charge in [0, 0.05) is 22.8 Å². The predicted molar refractivity (Wildman–Crippen MR) is 104 cm³/mol. The average molecular weight is 391 g/mol. The topological polar surface area (TPSA) is 66.0 Å². The third kappa shape index (κ3) is 4.70. The average Bonchev–Trinajstić information content (AvgIpc) is 3.00. The van der Waals surface area contributed by atoms with Crippen molar-refractivity contribution in [1.82, 2.24) is 14.9 Å². The molecule has 8 heteroatoms. The first kappa shape index (κ1) is 18.6. The van der Waals surface area contributed by atoms with Crippen molar-refractivity contribution < 1.29 is 9.13 Å². The molecule has 26 heavy (non-hydrogen) atoms. The van der Waals surface area contributed by atoms with E-state index in [9.17, 15) is 4.39 Å². The highest BCUT2D eigenvalue weighted by Crippen LogP contribution is 2.24. The molecule has 0 bridgehead atoms. The molecule has 0 spiro atoms. The van der Waals surface area contributed by atoms with Crippen molar-refractivity contribution in [2.75, 3.05) is 24.5 Å². The Bertz CT molecular complexity index is 855. The molecule has 5 nitrogen and oxygen atoms in total. The summed E-state index contributed by atoms with van der Waals surface area (Å²) < 4.78 is 20.3. The first-order chi connectivity index (χ1) is 12.7. The Labute approximate surface area is 160 Å². The number of rotatable bonds is 8. The molecular formula is C18H19FN4OS2. The van der Waals surface area contributed by atoms with Crippen molar-refractivity contribution in [2.24, 2.45) is 0 Å². The normalized spacial score (nSPS) is 10.8. The molecule has 1 aromatic heterocycles. The maximum atomic E-state index is 13.6. The maximum Gasteiger partial charge on any atom is 0.209 e. The molecule has 2 N–H and O–H groups in total. The Morgan fingerprint density at radius 1 is 1.04 bits per heavy atom. The monoisotopic (exact) mass is 390 g/mol. The van der Waals surface area contributed by atoms with E-state index in [-0.39, 0.29) is 5.82 Å². The maximum absolute atomic E-state index is 13.6. The van der Waals surface area contributed by atoms with E-state index in [2.05, 4.69) is 10.2 Å². The molecule has 2 aromatic carbocycles. The minimum atomic E-state index is -0.189. The Hall–Kier alpha value is -2.19. The van der Waals surface area contributed by atoms with Gasteiger partial charge in [0.2, 0.25) is 5.16 Å². The summed E-state index contributed by atoms with van der Waals surface area (Å²) in [6.07, 6.45) is 0.595. The zero-order valence-electron chi connectivity index (χ0n) is 14.3. The van der Waals surface area contributed by atoms with Crippen LogP contribution in [0.25, 0.3) is 0 Å². The third-order valence-electron chi connectivity index (χ3n) is 3.67. The van der Waals surface area contributed by atoms with Gasteiger partial charge in [0.1, 0.15) is 11.6 Å². The lowest BCUT2D eigenvalue weighted by atomic mass is 10.1. The van der Waals surface area contributed by atoms with Crippen LogP contribution in [0, 0.1) is 5.82 Å². The molecule has 0 radical (unpaired) electrons. The first-order valence-corrected chi connectivity index (χ1v) is 9.97. The molecule has 0 fully saturated rings. The summed E-state index contributed by atoms with van der Waals surface area (Å²) in [5.74, 6) is 8.94. The van der Waals surface area contributed by atoms with Gasteiger partial charge < -0.3 is 10.6 Å². The zero-order valence-corrected chi connectivity index (χ0v) is 15.9. The number of nitrogens with two attached hydrogens (primary N) is 1. The lowest BCUT2D eigenvalue weighted by molar-refractivity contribution is 0.414. The van der Waals surface area contributed by atoms with Gasteiger partial charge in [0.15, 0.2) is 5.82 Å². The molecule has 0 amide bonds. The van der Waals surface area contributed by atoms with E-state index in [4.69, 9.17) is 10.6 Å². The molecule has 3 aromatic rings. The van der Waals surface area contributed by atoms with E-state index in [1.165, 1.54) is 34.3 Å². The van der Waals surface area contributed by atoms with E-state index in [1.54, 1.807) is 19.2 Å². The van der Waals surface area contributed by atoms with Crippen LogP contribution < -0.4 is 10.6 Å². The van der Waals surface area contributed by atoms with Gasteiger partial charge in [-0.2, -0.15) is 0 Å². The van der Waals surface area contributed by atoms with Gasteiger partial charge in [0.05, 0.1) is 7.11 Å².